The van der Waals surface area contributed by atoms with Crippen LogP contribution >= 0.6 is 15.9 Å². The zero-order chi connectivity index (χ0) is 13.8. The molecule has 0 amide bonds. The zero-order valence-electron chi connectivity index (χ0n) is 11.0. The van der Waals surface area contributed by atoms with Crippen LogP contribution in [0.1, 0.15) is 11.4 Å². The smallest absolute Gasteiger partial charge is 0.107 e. The number of imidazole rings is 1. The predicted octanol–water partition coefficient (Wildman–Crippen LogP) is 4.62. The number of benzene rings is 2. The monoisotopic (exact) mass is 326 g/mol. The molecular weight excluding hydrogens is 312 g/mol. The van der Waals surface area contributed by atoms with Gasteiger partial charge in [0.1, 0.15) is 5.82 Å². The standard InChI is InChI=1S/C17H15BrN2/c18-15-9-5-4-8-14(15)16-12-19-17(20-16)11-10-13-6-2-1-3-7-13/h1-9,12H,10-11H2,(H,19,20). The molecule has 1 aromatic heterocycles. The van der Waals surface area contributed by atoms with Crippen molar-refractivity contribution in [3.63, 3.8) is 0 Å². The highest BCUT2D eigenvalue weighted by Crippen LogP contribution is 2.26. The van der Waals surface area contributed by atoms with E-state index < -0.39 is 0 Å². The molecule has 0 aliphatic carbocycles. The predicted molar refractivity (Wildman–Crippen MR) is 85.6 cm³/mol. The highest BCUT2D eigenvalue weighted by molar-refractivity contribution is 9.10. The number of nitrogens with zero attached hydrogens (tertiary/aromatic N) is 1. The highest BCUT2D eigenvalue weighted by Gasteiger charge is 2.07. The van der Waals surface area contributed by atoms with Crippen LogP contribution in [0.5, 0.6) is 0 Å². The topological polar surface area (TPSA) is 28.7 Å². The highest BCUT2D eigenvalue weighted by atomic mass is 79.9. The van der Waals surface area contributed by atoms with E-state index in [4.69, 9.17) is 0 Å². The molecule has 0 aliphatic heterocycles. The van der Waals surface area contributed by atoms with E-state index in [0.717, 1.165) is 34.4 Å². The summed E-state index contributed by atoms with van der Waals surface area (Å²) in [5, 5.41) is 0. The molecule has 0 aliphatic rings. The van der Waals surface area contributed by atoms with E-state index in [2.05, 4.69) is 56.2 Å². The molecule has 1 heterocycles. The second-order valence-electron chi connectivity index (χ2n) is 4.70. The number of aromatic amines is 1. The van der Waals surface area contributed by atoms with Gasteiger partial charge in [-0.1, -0.05) is 64.5 Å². The Labute approximate surface area is 127 Å². The normalized spacial score (nSPS) is 10.7. The van der Waals surface area contributed by atoms with Crippen molar-refractivity contribution in [1.29, 1.82) is 0 Å². The minimum atomic E-state index is 0.925. The van der Waals surface area contributed by atoms with Crippen LogP contribution in [0, 0.1) is 0 Å². The Kier molecular flexibility index (Phi) is 3.97. The molecule has 0 spiro atoms. The molecule has 3 heteroatoms. The largest absolute Gasteiger partial charge is 0.348 e. The van der Waals surface area contributed by atoms with Crippen LogP contribution in [0.3, 0.4) is 0 Å². The number of aryl methyl sites for hydroxylation is 2. The summed E-state index contributed by atoms with van der Waals surface area (Å²) in [5.74, 6) is 1.03. The molecule has 0 radical (unpaired) electrons. The minimum absolute atomic E-state index is 0.925. The number of aromatic nitrogens is 2. The van der Waals surface area contributed by atoms with Crippen molar-refractivity contribution in [3.8, 4) is 11.3 Å². The van der Waals surface area contributed by atoms with Crippen LogP contribution < -0.4 is 0 Å². The molecule has 0 saturated carbocycles. The Hall–Kier alpha value is -1.87. The van der Waals surface area contributed by atoms with Gasteiger partial charge in [0.2, 0.25) is 0 Å². The van der Waals surface area contributed by atoms with E-state index >= 15 is 0 Å². The summed E-state index contributed by atoms with van der Waals surface area (Å²) in [6.07, 6.45) is 3.90. The van der Waals surface area contributed by atoms with Crippen molar-refractivity contribution in [2.45, 2.75) is 12.8 Å². The number of nitrogens with one attached hydrogen (secondary N) is 1. The maximum Gasteiger partial charge on any atom is 0.107 e. The average Bonchev–Trinajstić information content (AvgIpc) is 2.95. The summed E-state index contributed by atoms with van der Waals surface area (Å²) in [7, 11) is 0. The first-order chi connectivity index (χ1) is 9.83. The van der Waals surface area contributed by atoms with Crippen molar-refractivity contribution in [1.82, 2.24) is 9.97 Å². The van der Waals surface area contributed by atoms with Gasteiger partial charge < -0.3 is 4.98 Å². The summed E-state index contributed by atoms with van der Waals surface area (Å²) >= 11 is 3.56. The molecule has 0 saturated heterocycles. The molecule has 0 atom stereocenters. The van der Waals surface area contributed by atoms with Gasteiger partial charge in [-0.2, -0.15) is 0 Å². The zero-order valence-corrected chi connectivity index (χ0v) is 12.6. The number of H-pyrrole nitrogens is 1. The fourth-order valence-corrected chi connectivity index (χ4v) is 2.69. The molecule has 20 heavy (non-hydrogen) atoms. The Bertz CT molecular complexity index is 689. The van der Waals surface area contributed by atoms with E-state index in [1.165, 1.54) is 5.56 Å². The Morgan fingerprint density at radius 3 is 2.45 bits per heavy atom. The fraction of sp³-hybridized carbons (Fsp3) is 0.118. The van der Waals surface area contributed by atoms with Crippen LogP contribution in [-0.2, 0) is 12.8 Å². The quantitative estimate of drug-likeness (QED) is 0.744. The van der Waals surface area contributed by atoms with Gasteiger partial charge in [0.15, 0.2) is 0 Å². The first-order valence-electron chi connectivity index (χ1n) is 6.66. The summed E-state index contributed by atoms with van der Waals surface area (Å²) in [6, 6.07) is 18.6. The second kappa shape index (κ2) is 6.06. The summed E-state index contributed by atoms with van der Waals surface area (Å²) in [6.45, 7) is 0. The van der Waals surface area contributed by atoms with Gasteiger partial charge >= 0.3 is 0 Å². The van der Waals surface area contributed by atoms with Crippen molar-refractivity contribution < 1.29 is 0 Å². The van der Waals surface area contributed by atoms with E-state index in [-0.39, 0.29) is 0 Å². The van der Waals surface area contributed by atoms with Gasteiger partial charge in [-0.05, 0) is 18.1 Å². The second-order valence-corrected chi connectivity index (χ2v) is 5.55. The van der Waals surface area contributed by atoms with Crippen LogP contribution in [0.2, 0.25) is 0 Å². The molecule has 3 rings (SSSR count). The molecule has 1 N–H and O–H groups in total. The SMILES string of the molecule is Brc1ccccc1-c1c[nH]c(CCc2ccccc2)n1. The van der Waals surface area contributed by atoms with Crippen LogP contribution in [0.25, 0.3) is 11.3 Å². The molecule has 0 fully saturated rings. The first-order valence-corrected chi connectivity index (χ1v) is 7.45. The minimum Gasteiger partial charge on any atom is -0.348 e. The van der Waals surface area contributed by atoms with E-state index in [9.17, 15) is 0 Å². The summed E-state index contributed by atoms with van der Waals surface area (Å²) in [5.41, 5.74) is 3.45. The van der Waals surface area contributed by atoms with Crippen molar-refractivity contribution in [2.75, 3.05) is 0 Å². The molecule has 100 valence electrons. The lowest BCUT2D eigenvalue weighted by atomic mass is 10.1. The van der Waals surface area contributed by atoms with Crippen LogP contribution in [-0.4, -0.2) is 9.97 Å². The summed E-state index contributed by atoms with van der Waals surface area (Å²) in [4.78, 5) is 7.94. The number of hydrogen-bond acceptors (Lipinski definition) is 1. The summed E-state index contributed by atoms with van der Waals surface area (Å²) < 4.78 is 1.07. The van der Waals surface area contributed by atoms with Gasteiger partial charge in [0, 0.05) is 22.7 Å². The molecule has 2 nitrogen and oxygen atoms in total. The lowest BCUT2D eigenvalue weighted by molar-refractivity contribution is 0.885. The third kappa shape index (κ3) is 2.99. The molecular formula is C17H15BrN2. The van der Waals surface area contributed by atoms with E-state index in [1.54, 1.807) is 0 Å². The Balaban J connectivity index is 1.73. The Morgan fingerprint density at radius 1 is 0.900 bits per heavy atom. The average molecular weight is 327 g/mol. The third-order valence-electron chi connectivity index (χ3n) is 3.27. The van der Waals surface area contributed by atoms with E-state index in [0.29, 0.717) is 0 Å². The number of rotatable bonds is 4. The maximum absolute atomic E-state index is 4.67. The Morgan fingerprint density at radius 2 is 1.65 bits per heavy atom. The lowest BCUT2D eigenvalue weighted by Crippen LogP contribution is -1.93. The van der Waals surface area contributed by atoms with Gasteiger partial charge in [0.25, 0.3) is 0 Å². The van der Waals surface area contributed by atoms with Gasteiger partial charge in [-0.25, -0.2) is 4.98 Å². The first kappa shape index (κ1) is 13.1. The van der Waals surface area contributed by atoms with E-state index in [1.807, 2.05) is 30.5 Å². The molecule has 2 aromatic carbocycles. The van der Waals surface area contributed by atoms with Gasteiger partial charge in [0.05, 0.1) is 5.69 Å². The third-order valence-corrected chi connectivity index (χ3v) is 3.97. The molecule has 3 aromatic rings. The number of hydrogen-bond donors (Lipinski definition) is 1. The molecule has 0 bridgehead atoms. The molecule has 0 unspecified atom stereocenters. The van der Waals surface area contributed by atoms with Crippen LogP contribution in [0.4, 0.5) is 0 Å². The van der Waals surface area contributed by atoms with Crippen molar-refractivity contribution in [2.24, 2.45) is 0 Å². The van der Waals surface area contributed by atoms with Crippen LogP contribution in [0.15, 0.2) is 65.3 Å². The van der Waals surface area contributed by atoms with Gasteiger partial charge in [-0.3, -0.25) is 0 Å². The van der Waals surface area contributed by atoms with Crippen molar-refractivity contribution in [3.05, 3.63) is 76.7 Å². The van der Waals surface area contributed by atoms with Crippen molar-refractivity contribution >= 4 is 15.9 Å². The maximum atomic E-state index is 4.67. The lowest BCUT2D eigenvalue weighted by Gasteiger charge is -2.00. The van der Waals surface area contributed by atoms with Gasteiger partial charge in [-0.15, -0.1) is 0 Å². The fourth-order valence-electron chi connectivity index (χ4n) is 2.20. The number of halogens is 1.